The van der Waals surface area contributed by atoms with Gasteiger partial charge in [0.2, 0.25) is 0 Å². The molecule has 1 aromatic carbocycles. The molecule has 2 rings (SSSR count). The maximum atomic E-state index is 13.4. The molecule has 0 saturated carbocycles. The molecule has 3 atom stereocenters. The first kappa shape index (κ1) is 15.9. The summed E-state index contributed by atoms with van der Waals surface area (Å²) in [5.74, 6) is 0.334. The van der Waals surface area contributed by atoms with E-state index in [0.717, 1.165) is 42.5 Å². The minimum absolute atomic E-state index is 0.173. The molecule has 3 unspecified atom stereocenters. The second kappa shape index (κ2) is 7.53. The van der Waals surface area contributed by atoms with Gasteiger partial charge in [0.15, 0.2) is 0 Å². The third-order valence-electron chi connectivity index (χ3n) is 3.90. The Labute approximate surface area is 129 Å². The maximum absolute atomic E-state index is 13.4. The number of benzene rings is 1. The van der Waals surface area contributed by atoms with E-state index < -0.39 is 0 Å². The molecule has 1 aromatic rings. The van der Waals surface area contributed by atoms with Gasteiger partial charge in [0, 0.05) is 16.4 Å². The summed E-state index contributed by atoms with van der Waals surface area (Å²) in [6.45, 7) is 6.07. The second-order valence-electron chi connectivity index (χ2n) is 5.64. The van der Waals surface area contributed by atoms with Crippen molar-refractivity contribution in [3.05, 3.63) is 34.1 Å². The van der Waals surface area contributed by atoms with Crippen LogP contribution in [0.1, 0.15) is 32.3 Å². The van der Waals surface area contributed by atoms with Gasteiger partial charge in [0.05, 0.1) is 12.7 Å². The fourth-order valence-electron chi connectivity index (χ4n) is 2.80. The predicted octanol–water partition coefficient (Wildman–Crippen LogP) is 3.92. The van der Waals surface area contributed by atoms with Crippen LogP contribution in [0.3, 0.4) is 0 Å². The van der Waals surface area contributed by atoms with E-state index in [4.69, 9.17) is 4.74 Å². The summed E-state index contributed by atoms with van der Waals surface area (Å²) in [4.78, 5) is 0. The highest BCUT2D eigenvalue weighted by atomic mass is 79.9. The van der Waals surface area contributed by atoms with E-state index in [1.54, 1.807) is 12.1 Å². The number of hydrogen-bond acceptors (Lipinski definition) is 2. The minimum Gasteiger partial charge on any atom is -0.378 e. The van der Waals surface area contributed by atoms with Crippen molar-refractivity contribution in [1.29, 1.82) is 0 Å². The molecule has 1 saturated heterocycles. The molecule has 0 radical (unpaired) electrons. The Kier molecular flexibility index (Phi) is 6.00. The molecule has 1 aliphatic rings. The van der Waals surface area contributed by atoms with E-state index in [1.807, 2.05) is 0 Å². The van der Waals surface area contributed by atoms with Crippen LogP contribution in [0.5, 0.6) is 0 Å². The fourth-order valence-corrected chi connectivity index (χ4v) is 3.21. The summed E-state index contributed by atoms with van der Waals surface area (Å²) >= 11 is 3.52. The van der Waals surface area contributed by atoms with Gasteiger partial charge < -0.3 is 10.1 Å². The molecule has 1 N–H and O–H groups in total. The van der Waals surface area contributed by atoms with Crippen LogP contribution in [0, 0.1) is 11.7 Å². The molecular weight excluding hydrogens is 321 g/mol. The van der Waals surface area contributed by atoms with Crippen LogP contribution in [0.2, 0.25) is 0 Å². The molecular formula is C16H23BrFNO. The van der Waals surface area contributed by atoms with Gasteiger partial charge in [-0.1, -0.05) is 22.9 Å². The van der Waals surface area contributed by atoms with Gasteiger partial charge in [-0.05, 0) is 56.5 Å². The van der Waals surface area contributed by atoms with Crippen molar-refractivity contribution in [3.8, 4) is 0 Å². The van der Waals surface area contributed by atoms with E-state index in [2.05, 4.69) is 35.1 Å². The fraction of sp³-hybridized carbons (Fsp3) is 0.625. The van der Waals surface area contributed by atoms with Crippen LogP contribution in [0.15, 0.2) is 22.7 Å². The Morgan fingerprint density at radius 1 is 1.50 bits per heavy atom. The molecule has 20 heavy (non-hydrogen) atoms. The monoisotopic (exact) mass is 343 g/mol. The zero-order valence-electron chi connectivity index (χ0n) is 12.2. The van der Waals surface area contributed by atoms with Gasteiger partial charge in [-0.3, -0.25) is 0 Å². The van der Waals surface area contributed by atoms with Crippen molar-refractivity contribution < 1.29 is 9.13 Å². The molecule has 2 nitrogen and oxygen atoms in total. The highest BCUT2D eigenvalue weighted by Crippen LogP contribution is 2.27. The maximum Gasteiger partial charge on any atom is 0.123 e. The lowest BCUT2D eigenvalue weighted by Crippen LogP contribution is -2.39. The van der Waals surface area contributed by atoms with Crippen molar-refractivity contribution in [3.63, 3.8) is 0 Å². The van der Waals surface area contributed by atoms with Crippen LogP contribution in [0.4, 0.5) is 4.39 Å². The highest BCUT2D eigenvalue weighted by Gasteiger charge is 2.29. The van der Waals surface area contributed by atoms with E-state index in [-0.39, 0.29) is 5.82 Å². The molecule has 1 aliphatic heterocycles. The summed E-state index contributed by atoms with van der Waals surface area (Å²) in [6, 6.07) is 5.25. The molecule has 4 heteroatoms. The molecule has 0 spiro atoms. The summed E-state index contributed by atoms with van der Waals surface area (Å²) in [7, 11) is 0. The zero-order valence-corrected chi connectivity index (χ0v) is 13.7. The largest absolute Gasteiger partial charge is 0.378 e. The van der Waals surface area contributed by atoms with Crippen LogP contribution >= 0.6 is 15.9 Å². The zero-order chi connectivity index (χ0) is 14.5. The minimum atomic E-state index is -0.173. The lowest BCUT2D eigenvalue weighted by atomic mass is 9.91. The lowest BCUT2D eigenvalue weighted by Gasteiger charge is -2.24. The van der Waals surface area contributed by atoms with Crippen molar-refractivity contribution in [2.24, 2.45) is 5.92 Å². The predicted molar refractivity (Wildman–Crippen MR) is 83.4 cm³/mol. The van der Waals surface area contributed by atoms with Gasteiger partial charge in [0.1, 0.15) is 5.82 Å². The Morgan fingerprint density at radius 3 is 2.95 bits per heavy atom. The molecule has 0 bridgehead atoms. The average molecular weight is 344 g/mol. The quantitative estimate of drug-likeness (QED) is 0.845. The molecule has 112 valence electrons. The first-order chi connectivity index (χ1) is 9.60. The van der Waals surface area contributed by atoms with Crippen molar-refractivity contribution >= 4 is 15.9 Å². The van der Waals surface area contributed by atoms with Gasteiger partial charge in [0.25, 0.3) is 0 Å². The molecule has 0 amide bonds. The third kappa shape index (κ3) is 4.27. The van der Waals surface area contributed by atoms with Crippen molar-refractivity contribution in [2.45, 2.75) is 45.3 Å². The summed E-state index contributed by atoms with van der Waals surface area (Å²) < 4.78 is 20.1. The topological polar surface area (TPSA) is 21.3 Å². The van der Waals surface area contributed by atoms with Crippen molar-refractivity contribution in [2.75, 3.05) is 13.2 Å². The Hall–Kier alpha value is -0.450. The number of rotatable bonds is 6. The number of ether oxygens (including phenoxy) is 1. The summed E-state index contributed by atoms with van der Waals surface area (Å²) in [5.41, 5.74) is 1.03. The van der Waals surface area contributed by atoms with Crippen molar-refractivity contribution in [1.82, 2.24) is 5.32 Å². The van der Waals surface area contributed by atoms with Crippen LogP contribution in [0.25, 0.3) is 0 Å². The van der Waals surface area contributed by atoms with Gasteiger partial charge in [-0.15, -0.1) is 0 Å². The first-order valence-corrected chi connectivity index (χ1v) is 8.18. The smallest absolute Gasteiger partial charge is 0.123 e. The third-order valence-corrected chi connectivity index (χ3v) is 4.68. The van der Waals surface area contributed by atoms with E-state index >= 15 is 0 Å². The summed E-state index contributed by atoms with van der Waals surface area (Å²) in [5, 5.41) is 3.60. The number of halogens is 2. The van der Waals surface area contributed by atoms with E-state index in [1.165, 1.54) is 6.07 Å². The normalized spacial score (nSPS) is 24.0. The SMILES string of the molecule is CCCNC(Cc1cc(F)ccc1Br)C1COC(C)C1. The number of nitrogens with one attached hydrogen (secondary N) is 1. The number of hydrogen-bond donors (Lipinski definition) is 1. The first-order valence-electron chi connectivity index (χ1n) is 7.39. The lowest BCUT2D eigenvalue weighted by molar-refractivity contribution is 0.117. The Bertz CT molecular complexity index is 440. The molecule has 1 heterocycles. The second-order valence-corrected chi connectivity index (χ2v) is 6.49. The summed E-state index contributed by atoms with van der Waals surface area (Å²) in [6.07, 6.45) is 3.35. The van der Waals surface area contributed by atoms with E-state index in [0.29, 0.717) is 18.1 Å². The standard InChI is InChI=1S/C16H23BrFNO/c1-3-6-19-16(13-7-11(2)20-10-13)9-12-8-14(18)4-5-15(12)17/h4-5,8,11,13,16,19H,3,6-7,9-10H2,1-2H3. The van der Waals surface area contributed by atoms with Crippen LogP contribution < -0.4 is 5.32 Å². The van der Waals surface area contributed by atoms with Crippen LogP contribution in [-0.2, 0) is 11.2 Å². The van der Waals surface area contributed by atoms with Gasteiger partial charge in [-0.25, -0.2) is 4.39 Å². The Balaban J connectivity index is 2.08. The van der Waals surface area contributed by atoms with E-state index in [9.17, 15) is 4.39 Å². The van der Waals surface area contributed by atoms with Gasteiger partial charge >= 0.3 is 0 Å². The Morgan fingerprint density at radius 2 is 2.30 bits per heavy atom. The molecule has 0 aromatic heterocycles. The molecule has 1 fully saturated rings. The molecule has 0 aliphatic carbocycles. The van der Waals surface area contributed by atoms with Gasteiger partial charge in [-0.2, -0.15) is 0 Å². The average Bonchev–Trinajstić information content (AvgIpc) is 2.85. The van der Waals surface area contributed by atoms with Crippen LogP contribution in [-0.4, -0.2) is 25.3 Å². The highest BCUT2D eigenvalue weighted by molar-refractivity contribution is 9.10.